The smallest absolute Gasteiger partial charge is 0.357 e. The number of hydrogen-bond donors (Lipinski definition) is 2. The van der Waals surface area contributed by atoms with Crippen LogP contribution in [0, 0.1) is 0 Å². The van der Waals surface area contributed by atoms with Gasteiger partial charge in [0.25, 0.3) is 0 Å². The van der Waals surface area contributed by atoms with Crippen molar-refractivity contribution in [1.82, 2.24) is 0 Å². The Hall–Kier alpha value is -1.17. The molecule has 1 atom stereocenters. The summed E-state index contributed by atoms with van der Waals surface area (Å²) < 4.78 is 5.16. The Morgan fingerprint density at radius 3 is 2.73 bits per heavy atom. The lowest BCUT2D eigenvalue weighted by Crippen LogP contribution is -2.27. The molecule has 1 heterocycles. The van der Waals surface area contributed by atoms with Gasteiger partial charge in [0.15, 0.2) is 10.8 Å². The van der Waals surface area contributed by atoms with Crippen molar-refractivity contribution < 1.29 is 9.53 Å². The Bertz CT molecular complexity index is 351. The third-order valence-electron chi connectivity index (χ3n) is 2.40. The minimum atomic E-state index is -0.748. The van der Waals surface area contributed by atoms with Gasteiger partial charge in [-0.1, -0.05) is 18.7 Å². The standard InChI is InChI=1S/C9H15N3O2S/c1-4-9(2)6(12-8(11)15-3)5(10)7(13)14-9/h4,10H2,1-3H3,(H2,11,12). The Balaban J connectivity index is 3.15. The summed E-state index contributed by atoms with van der Waals surface area (Å²) in [6.07, 6.45) is 2.41. The van der Waals surface area contributed by atoms with Crippen LogP contribution >= 0.6 is 11.8 Å². The maximum absolute atomic E-state index is 11.3. The lowest BCUT2D eigenvalue weighted by Gasteiger charge is -2.22. The normalized spacial score (nSPS) is 27.1. The van der Waals surface area contributed by atoms with Gasteiger partial charge in [-0.15, -0.1) is 0 Å². The molecule has 0 aromatic carbocycles. The van der Waals surface area contributed by atoms with E-state index in [0.717, 1.165) is 0 Å². The first-order chi connectivity index (χ1) is 6.94. The third kappa shape index (κ3) is 2.09. The van der Waals surface area contributed by atoms with E-state index >= 15 is 0 Å². The molecule has 0 aromatic rings. The molecule has 1 rings (SSSR count). The van der Waals surface area contributed by atoms with Crippen LogP contribution in [0.25, 0.3) is 0 Å². The molecule has 0 fully saturated rings. The molecule has 0 saturated carbocycles. The molecule has 1 aliphatic heterocycles. The number of carbonyl (C=O) groups is 1. The largest absolute Gasteiger partial charge is 0.448 e. The van der Waals surface area contributed by atoms with E-state index in [0.29, 0.717) is 17.3 Å². The lowest BCUT2D eigenvalue weighted by atomic mass is 10.00. The predicted octanol–water partition coefficient (Wildman–Crippen LogP) is 0.560. The minimum Gasteiger partial charge on any atom is -0.448 e. The van der Waals surface area contributed by atoms with Gasteiger partial charge in [-0.05, 0) is 19.6 Å². The zero-order valence-electron chi connectivity index (χ0n) is 9.03. The van der Waals surface area contributed by atoms with E-state index in [9.17, 15) is 4.79 Å². The van der Waals surface area contributed by atoms with Crippen molar-refractivity contribution in [2.45, 2.75) is 25.9 Å². The molecule has 0 bridgehead atoms. The van der Waals surface area contributed by atoms with E-state index in [1.165, 1.54) is 11.8 Å². The molecule has 15 heavy (non-hydrogen) atoms. The minimum absolute atomic E-state index is 0.0522. The van der Waals surface area contributed by atoms with Crippen LogP contribution in [-0.2, 0) is 9.53 Å². The summed E-state index contributed by atoms with van der Waals surface area (Å²) >= 11 is 1.30. The number of carbonyl (C=O) groups excluding carboxylic acids is 1. The molecule has 5 nitrogen and oxygen atoms in total. The SMILES string of the molecule is CCC1(C)OC(=O)C(N)=C1N=C(N)SC. The Morgan fingerprint density at radius 2 is 2.27 bits per heavy atom. The summed E-state index contributed by atoms with van der Waals surface area (Å²) in [7, 11) is 0. The number of amidine groups is 1. The number of nitrogens with two attached hydrogens (primary N) is 2. The first-order valence-electron chi connectivity index (χ1n) is 4.56. The second kappa shape index (κ2) is 4.14. The molecule has 84 valence electrons. The van der Waals surface area contributed by atoms with Crippen LogP contribution in [0.5, 0.6) is 0 Å². The molecule has 0 aromatic heterocycles. The molecule has 0 radical (unpaired) electrons. The van der Waals surface area contributed by atoms with Gasteiger partial charge in [0, 0.05) is 0 Å². The average Bonchev–Trinajstić information content (AvgIpc) is 2.43. The van der Waals surface area contributed by atoms with Crippen molar-refractivity contribution in [3.8, 4) is 0 Å². The Labute approximate surface area is 92.9 Å². The molecule has 0 amide bonds. The van der Waals surface area contributed by atoms with Crippen molar-refractivity contribution in [3.63, 3.8) is 0 Å². The number of hydrogen-bond acceptors (Lipinski definition) is 5. The quantitative estimate of drug-likeness (QED) is 0.410. The fraction of sp³-hybridized carbons (Fsp3) is 0.556. The number of nitrogens with zero attached hydrogens (tertiary/aromatic N) is 1. The average molecular weight is 229 g/mol. The van der Waals surface area contributed by atoms with E-state index < -0.39 is 11.6 Å². The van der Waals surface area contributed by atoms with Crippen molar-refractivity contribution >= 4 is 22.9 Å². The summed E-state index contributed by atoms with van der Waals surface area (Å²) in [6.45, 7) is 3.67. The summed E-state index contributed by atoms with van der Waals surface area (Å²) in [4.78, 5) is 15.4. The molecule has 4 N–H and O–H groups in total. The highest BCUT2D eigenvalue weighted by molar-refractivity contribution is 8.13. The highest BCUT2D eigenvalue weighted by atomic mass is 32.2. The molecule has 1 aliphatic rings. The molecular weight excluding hydrogens is 214 g/mol. The Kier molecular flexibility index (Phi) is 3.28. The van der Waals surface area contributed by atoms with Gasteiger partial charge < -0.3 is 16.2 Å². The van der Waals surface area contributed by atoms with E-state index in [4.69, 9.17) is 16.2 Å². The molecule has 0 spiro atoms. The van der Waals surface area contributed by atoms with Crippen LogP contribution < -0.4 is 11.5 Å². The fourth-order valence-corrected chi connectivity index (χ4v) is 1.45. The lowest BCUT2D eigenvalue weighted by molar-refractivity contribution is -0.145. The summed E-state index contributed by atoms with van der Waals surface area (Å²) in [6, 6.07) is 0. The number of rotatable bonds is 2. The maximum atomic E-state index is 11.3. The number of aliphatic imine (C=N–C) groups is 1. The van der Waals surface area contributed by atoms with Crippen molar-refractivity contribution in [2.75, 3.05) is 6.26 Å². The van der Waals surface area contributed by atoms with Crippen LogP contribution in [0.3, 0.4) is 0 Å². The zero-order chi connectivity index (χ0) is 11.6. The van der Waals surface area contributed by atoms with Gasteiger partial charge in [-0.25, -0.2) is 9.79 Å². The summed E-state index contributed by atoms with van der Waals surface area (Å²) in [5, 5.41) is 0.367. The van der Waals surface area contributed by atoms with Gasteiger partial charge >= 0.3 is 5.97 Å². The number of thioether (sulfide) groups is 1. The van der Waals surface area contributed by atoms with E-state index in [-0.39, 0.29) is 5.70 Å². The van der Waals surface area contributed by atoms with E-state index in [1.807, 2.05) is 6.92 Å². The number of esters is 1. The van der Waals surface area contributed by atoms with Gasteiger partial charge in [0.05, 0.1) is 0 Å². The first-order valence-corrected chi connectivity index (χ1v) is 5.78. The van der Waals surface area contributed by atoms with Gasteiger partial charge in [-0.2, -0.15) is 0 Å². The highest BCUT2D eigenvalue weighted by Gasteiger charge is 2.42. The molecule has 0 saturated heterocycles. The summed E-state index contributed by atoms with van der Waals surface area (Å²) in [5.41, 5.74) is 10.9. The second-order valence-electron chi connectivity index (χ2n) is 3.39. The summed E-state index contributed by atoms with van der Waals surface area (Å²) in [5.74, 6) is -0.521. The number of cyclic esters (lactones) is 1. The zero-order valence-corrected chi connectivity index (χ0v) is 9.85. The predicted molar refractivity (Wildman–Crippen MR) is 61.1 cm³/mol. The van der Waals surface area contributed by atoms with Crippen molar-refractivity contribution in [1.29, 1.82) is 0 Å². The van der Waals surface area contributed by atoms with Crippen LogP contribution in [0.4, 0.5) is 0 Å². The molecule has 0 aliphatic carbocycles. The molecule has 6 heteroatoms. The van der Waals surface area contributed by atoms with Gasteiger partial charge in [0.2, 0.25) is 0 Å². The van der Waals surface area contributed by atoms with Crippen LogP contribution in [0.15, 0.2) is 16.4 Å². The van der Waals surface area contributed by atoms with Crippen LogP contribution in [0.1, 0.15) is 20.3 Å². The van der Waals surface area contributed by atoms with Gasteiger partial charge in [-0.3, -0.25) is 0 Å². The second-order valence-corrected chi connectivity index (χ2v) is 4.22. The number of ether oxygens (including phenoxy) is 1. The Morgan fingerprint density at radius 1 is 1.67 bits per heavy atom. The molecular formula is C9H15N3O2S. The maximum Gasteiger partial charge on any atom is 0.357 e. The van der Waals surface area contributed by atoms with E-state index in [1.54, 1.807) is 13.2 Å². The third-order valence-corrected chi connectivity index (χ3v) is 2.91. The van der Waals surface area contributed by atoms with Crippen LogP contribution in [0.2, 0.25) is 0 Å². The highest BCUT2D eigenvalue weighted by Crippen LogP contribution is 2.34. The molecule has 1 unspecified atom stereocenters. The topological polar surface area (TPSA) is 90.7 Å². The first kappa shape index (κ1) is 11.9. The van der Waals surface area contributed by atoms with Crippen molar-refractivity contribution in [3.05, 3.63) is 11.4 Å². The fourth-order valence-electron chi connectivity index (χ4n) is 1.26. The van der Waals surface area contributed by atoms with Crippen molar-refractivity contribution in [2.24, 2.45) is 16.5 Å². The van der Waals surface area contributed by atoms with Gasteiger partial charge in [0.1, 0.15) is 11.4 Å². The van der Waals surface area contributed by atoms with E-state index in [2.05, 4.69) is 4.99 Å². The monoisotopic (exact) mass is 229 g/mol. The van der Waals surface area contributed by atoms with Crippen LogP contribution in [-0.4, -0.2) is 23.0 Å².